The number of nitrogens with one attached hydrogen (secondary N) is 1. The average Bonchev–Trinajstić information content (AvgIpc) is 2.52. The Labute approximate surface area is 96.0 Å². The number of hydrazine groups is 1. The fourth-order valence-corrected chi connectivity index (χ4v) is 1.79. The number of nitrogen functional groups attached to an aromatic ring is 1. The molecule has 0 amide bonds. The number of hydrogen-bond acceptors (Lipinski definition) is 5. The summed E-state index contributed by atoms with van der Waals surface area (Å²) >= 11 is 0. The van der Waals surface area contributed by atoms with E-state index in [9.17, 15) is 0 Å². The van der Waals surface area contributed by atoms with Gasteiger partial charge in [-0.3, -0.25) is 9.58 Å². The molecule has 6 nitrogen and oxygen atoms in total. The van der Waals surface area contributed by atoms with Gasteiger partial charge in [0.1, 0.15) is 5.82 Å². The fourth-order valence-electron chi connectivity index (χ4n) is 1.79. The average molecular weight is 227 g/mol. The molecule has 0 aliphatic carbocycles. The summed E-state index contributed by atoms with van der Waals surface area (Å²) < 4.78 is 1.73. The Bertz CT molecular complexity index is 336. The third-order valence-electron chi connectivity index (χ3n) is 2.73. The van der Waals surface area contributed by atoms with Gasteiger partial charge in [-0.25, -0.2) is 5.84 Å². The molecular formula is C10H21N5O. The number of nitrogens with two attached hydrogens (primary N) is 1. The molecule has 1 aromatic heterocycles. The molecule has 1 heterocycles. The van der Waals surface area contributed by atoms with Gasteiger partial charge in [0.2, 0.25) is 0 Å². The van der Waals surface area contributed by atoms with Gasteiger partial charge in [0.15, 0.2) is 0 Å². The second-order valence-electron chi connectivity index (χ2n) is 3.77. The summed E-state index contributed by atoms with van der Waals surface area (Å²) in [4.78, 5) is 2.14. The van der Waals surface area contributed by atoms with E-state index in [0.717, 1.165) is 30.2 Å². The molecule has 1 rings (SSSR count). The fraction of sp³-hybridized carbons (Fsp3) is 0.700. The van der Waals surface area contributed by atoms with E-state index in [1.165, 1.54) is 0 Å². The van der Waals surface area contributed by atoms with Crippen LogP contribution in [0.5, 0.6) is 0 Å². The molecule has 0 aliphatic heterocycles. The number of likely N-dealkylation sites (N-methyl/N-ethyl adjacent to an activating group) is 1. The van der Waals surface area contributed by atoms with Crippen molar-refractivity contribution in [1.29, 1.82) is 0 Å². The van der Waals surface area contributed by atoms with Gasteiger partial charge in [0.05, 0.1) is 12.3 Å². The summed E-state index contributed by atoms with van der Waals surface area (Å²) in [5.74, 6) is 6.30. The van der Waals surface area contributed by atoms with E-state index in [1.807, 2.05) is 14.0 Å². The van der Waals surface area contributed by atoms with Crippen molar-refractivity contribution in [3.05, 3.63) is 11.3 Å². The Balaban J connectivity index is 2.86. The molecule has 16 heavy (non-hydrogen) atoms. The van der Waals surface area contributed by atoms with E-state index in [1.54, 1.807) is 4.68 Å². The van der Waals surface area contributed by atoms with Crippen molar-refractivity contribution in [3.63, 3.8) is 0 Å². The van der Waals surface area contributed by atoms with Crippen LogP contribution in [0.15, 0.2) is 0 Å². The molecule has 6 heteroatoms. The third kappa shape index (κ3) is 2.72. The Morgan fingerprint density at radius 3 is 2.75 bits per heavy atom. The van der Waals surface area contributed by atoms with Crippen molar-refractivity contribution in [2.45, 2.75) is 20.4 Å². The molecule has 0 aromatic carbocycles. The zero-order valence-corrected chi connectivity index (χ0v) is 10.2. The van der Waals surface area contributed by atoms with Gasteiger partial charge >= 0.3 is 0 Å². The number of aliphatic hydroxyl groups is 1. The second-order valence-corrected chi connectivity index (χ2v) is 3.77. The Hall–Kier alpha value is -1.11. The molecule has 0 aliphatic rings. The monoisotopic (exact) mass is 227 g/mol. The zero-order chi connectivity index (χ0) is 12.1. The van der Waals surface area contributed by atoms with Crippen molar-refractivity contribution in [2.24, 2.45) is 12.9 Å². The first-order valence-electron chi connectivity index (χ1n) is 5.46. The van der Waals surface area contributed by atoms with E-state index < -0.39 is 0 Å². The van der Waals surface area contributed by atoms with Crippen molar-refractivity contribution in [1.82, 2.24) is 14.7 Å². The largest absolute Gasteiger partial charge is 0.395 e. The third-order valence-corrected chi connectivity index (χ3v) is 2.73. The summed E-state index contributed by atoms with van der Waals surface area (Å²) in [6.45, 7) is 6.49. The molecule has 0 unspecified atom stereocenters. The highest BCUT2D eigenvalue weighted by Crippen LogP contribution is 2.19. The van der Waals surface area contributed by atoms with E-state index in [-0.39, 0.29) is 6.61 Å². The van der Waals surface area contributed by atoms with Crippen LogP contribution in [0.2, 0.25) is 0 Å². The van der Waals surface area contributed by atoms with Crippen LogP contribution in [-0.2, 0) is 13.6 Å². The number of nitrogens with zero attached hydrogens (tertiary/aromatic N) is 3. The van der Waals surface area contributed by atoms with E-state index in [2.05, 4.69) is 22.3 Å². The van der Waals surface area contributed by atoms with Crippen molar-refractivity contribution < 1.29 is 5.11 Å². The molecule has 0 atom stereocenters. The Morgan fingerprint density at radius 1 is 1.56 bits per heavy atom. The summed E-state index contributed by atoms with van der Waals surface area (Å²) in [7, 11) is 1.86. The number of aryl methyl sites for hydroxylation is 2. The van der Waals surface area contributed by atoms with Crippen LogP contribution in [0.25, 0.3) is 0 Å². The first-order valence-corrected chi connectivity index (χ1v) is 5.46. The minimum atomic E-state index is 0.165. The van der Waals surface area contributed by atoms with Crippen LogP contribution < -0.4 is 11.3 Å². The summed E-state index contributed by atoms with van der Waals surface area (Å²) in [6.07, 6.45) is 0. The van der Waals surface area contributed by atoms with Gasteiger partial charge < -0.3 is 10.5 Å². The lowest BCUT2D eigenvalue weighted by Gasteiger charge is -2.19. The Morgan fingerprint density at radius 2 is 2.25 bits per heavy atom. The van der Waals surface area contributed by atoms with Crippen molar-refractivity contribution >= 4 is 5.82 Å². The maximum atomic E-state index is 8.94. The highest BCUT2D eigenvalue weighted by Gasteiger charge is 2.14. The second kappa shape index (κ2) is 5.83. The van der Waals surface area contributed by atoms with Gasteiger partial charge in [-0.15, -0.1) is 0 Å². The number of anilines is 1. The first kappa shape index (κ1) is 13.0. The predicted molar refractivity (Wildman–Crippen MR) is 63.8 cm³/mol. The summed E-state index contributed by atoms with van der Waals surface area (Å²) in [5, 5.41) is 13.3. The minimum Gasteiger partial charge on any atom is -0.395 e. The maximum absolute atomic E-state index is 8.94. The van der Waals surface area contributed by atoms with Crippen molar-refractivity contribution in [3.8, 4) is 0 Å². The van der Waals surface area contributed by atoms with E-state index >= 15 is 0 Å². The molecular weight excluding hydrogens is 206 g/mol. The molecule has 0 fully saturated rings. The predicted octanol–water partition coefficient (Wildman–Crippen LogP) is -0.172. The van der Waals surface area contributed by atoms with E-state index in [0.29, 0.717) is 6.54 Å². The molecule has 0 saturated carbocycles. The van der Waals surface area contributed by atoms with Crippen LogP contribution >= 0.6 is 0 Å². The first-order chi connectivity index (χ1) is 7.63. The number of rotatable bonds is 6. The van der Waals surface area contributed by atoms with Gasteiger partial charge in [-0.1, -0.05) is 6.92 Å². The van der Waals surface area contributed by atoms with Crippen LogP contribution in [0.4, 0.5) is 5.82 Å². The molecule has 1 aromatic rings. The Kier molecular flexibility index (Phi) is 4.72. The van der Waals surface area contributed by atoms with Gasteiger partial charge in [0, 0.05) is 25.7 Å². The highest BCUT2D eigenvalue weighted by molar-refractivity contribution is 5.46. The topological polar surface area (TPSA) is 79.3 Å². The van der Waals surface area contributed by atoms with Crippen molar-refractivity contribution in [2.75, 3.05) is 25.1 Å². The van der Waals surface area contributed by atoms with Gasteiger partial charge in [-0.05, 0) is 13.5 Å². The quantitative estimate of drug-likeness (QED) is 0.464. The number of hydrogen-bond donors (Lipinski definition) is 3. The van der Waals surface area contributed by atoms with E-state index in [4.69, 9.17) is 10.9 Å². The normalized spacial score (nSPS) is 11.1. The van der Waals surface area contributed by atoms with Crippen LogP contribution in [0, 0.1) is 6.92 Å². The lowest BCUT2D eigenvalue weighted by Crippen LogP contribution is -2.27. The minimum absolute atomic E-state index is 0.165. The summed E-state index contributed by atoms with van der Waals surface area (Å²) in [5.41, 5.74) is 4.72. The van der Waals surface area contributed by atoms with Crippen LogP contribution in [0.3, 0.4) is 0 Å². The lowest BCUT2D eigenvalue weighted by atomic mass is 10.2. The molecule has 0 bridgehead atoms. The van der Waals surface area contributed by atoms with Gasteiger partial charge in [0.25, 0.3) is 0 Å². The van der Waals surface area contributed by atoms with Crippen LogP contribution in [-0.4, -0.2) is 39.5 Å². The molecule has 92 valence electrons. The molecule has 0 spiro atoms. The molecule has 0 saturated heterocycles. The highest BCUT2D eigenvalue weighted by atomic mass is 16.3. The number of aromatic nitrogens is 2. The molecule has 0 radical (unpaired) electrons. The van der Waals surface area contributed by atoms with Gasteiger partial charge in [-0.2, -0.15) is 5.10 Å². The smallest absolute Gasteiger partial charge is 0.142 e. The summed E-state index contributed by atoms with van der Waals surface area (Å²) in [6, 6.07) is 0. The SMILES string of the molecule is CCN(CCO)Cc1c(C)nn(C)c1NN. The zero-order valence-electron chi connectivity index (χ0n) is 10.2. The lowest BCUT2D eigenvalue weighted by molar-refractivity contribution is 0.197. The molecule has 4 N–H and O–H groups in total. The number of aliphatic hydroxyl groups excluding tert-OH is 1. The standard InChI is InChI=1S/C10H21N5O/c1-4-15(5-6-16)7-9-8(2)13-14(3)10(9)12-11/h12,16H,4-7,11H2,1-3H3. The maximum Gasteiger partial charge on any atom is 0.142 e. The van der Waals surface area contributed by atoms with Crippen LogP contribution in [0.1, 0.15) is 18.2 Å².